The van der Waals surface area contributed by atoms with E-state index in [9.17, 15) is 0 Å². The third-order valence-corrected chi connectivity index (χ3v) is 5.29. The van der Waals surface area contributed by atoms with Crippen LogP contribution < -0.4 is 5.32 Å². The predicted molar refractivity (Wildman–Crippen MR) is 78.8 cm³/mol. The van der Waals surface area contributed by atoms with Crippen molar-refractivity contribution in [1.29, 1.82) is 0 Å². The zero-order valence-electron chi connectivity index (χ0n) is 11.8. The van der Waals surface area contributed by atoms with Crippen molar-refractivity contribution < 1.29 is 0 Å². The predicted octanol–water partition coefficient (Wildman–Crippen LogP) is 4.18. The van der Waals surface area contributed by atoms with Gasteiger partial charge in [-0.1, -0.05) is 33.6 Å². The highest BCUT2D eigenvalue weighted by molar-refractivity contribution is 7.80. The molecule has 0 aliphatic carbocycles. The molecule has 17 heavy (non-hydrogen) atoms. The first-order valence-electron chi connectivity index (χ1n) is 7.45. The fourth-order valence-electron chi connectivity index (χ4n) is 4.22. The summed E-state index contributed by atoms with van der Waals surface area (Å²) < 4.78 is 0. The topological polar surface area (TPSA) is 12.0 Å². The molecule has 2 aliphatic rings. The van der Waals surface area contributed by atoms with E-state index in [4.69, 9.17) is 0 Å². The van der Waals surface area contributed by atoms with Gasteiger partial charge in [-0.05, 0) is 44.4 Å². The number of fused-ring (bicyclic) bond motifs is 2. The summed E-state index contributed by atoms with van der Waals surface area (Å²) in [4.78, 5) is 0. The van der Waals surface area contributed by atoms with E-state index in [1.54, 1.807) is 0 Å². The number of hydrogen-bond donors (Lipinski definition) is 2. The molecule has 100 valence electrons. The molecule has 2 aliphatic heterocycles. The molecule has 2 saturated heterocycles. The lowest BCUT2D eigenvalue weighted by Gasteiger charge is -2.51. The minimum absolute atomic E-state index is 0.403. The van der Waals surface area contributed by atoms with Crippen LogP contribution in [0.25, 0.3) is 0 Å². The summed E-state index contributed by atoms with van der Waals surface area (Å²) in [6, 6.07) is 0. The van der Waals surface area contributed by atoms with Crippen molar-refractivity contribution in [2.75, 3.05) is 0 Å². The normalized spacial score (nSPS) is 40.1. The fraction of sp³-hybridized carbons (Fsp3) is 1.00. The van der Waals surface area contributed by atoms with Crippen LogP contribution in [0.5, 0.6) is 0 Å². The van der Waals surface area contributed by atoms with Crippen LogP contribution in [0.3, 0.4) is 0 Å². The van der Waals surface area contributed by atoms with Gasteiger partial charge in [-0.15, -0.1) is 0 Å². The second-order valence-corrected chi connectivity index (χ2v) is 7.71. The molecule has 3 atom stereocenters. The molecule has 2 rings (SSSR count). The summed E-state index contributed by atoms with van der Waals surface area (Å²) in [5, 5.41) is 4.64. The van der Waals surface area contributed by atoms with Gasteiger partial charge >= 0.3 is 0 Å². The Balaban J connectivity index is 2.21. The molecule has 0 aromatic heterocycles. The SMILES string of the molecule is CC(S)CC12CCCCC(C(C)C)(CCC1)N2. The Morgan fingerprint density at radius 3 is 2.24 bits per heavy atom. The zero-order chi connectivity index (χ0) is 12.5. The molecule has 0 spiro atoms. The summed E-state index contributed by atoms with van der Waals surface area (Å²) in [7, 11) is 0. The van der Waals surface area contributed by atoms with Crippen molar-refractivity contribution in [2.24, 2.45) is 5.92 Å². The number of hydrogen-bond acceptors (Lipinski definition) is 2. The third-order valence-electron chi connectivity index (χ3n) is 5.11. The van der Waals surface area contributed by atoms with E-state index < -0.39 is 0 Å². The van der Waals surface area contributed by atoms with E-state index in [1.807, 2.05) is 0 Å². The molecule has 2 fully saturated rings. The van der Waals surface area contributed by atoms with Crippen molar-refractivity contribution in [3.63, 3.8) is 0 Å². The lowest BCUT2D eigenvalue weighted by atomic mass is 9.71. The van der Waals surface area contributed by atoms with Crippen molar-refractivity contribution in [3.8, 4) is 0 Å². The van der Waals surface area contributed by atoms with Gasteiger partial charge in [0.05, 0.1) is 0 Å². The second-order valence-electron chi connectivity index (χ2n) is 6.83. The first-order valence-corrected chi connectivity index (χ1v) is 7.97. The quantitative estimate of drug-likeness (QED) is 0.721. The second kappa shape index (κ2) is 5.13. The van der Waals surface area contributed by atoms with Crippen LogP contribution in [0.1, 0.15) is 72.1 Å². The van der Waals surface area contributed by atoms with E-state index in [1.165, 1.54) is 51.4 Å². The van der Waals surface area contributed by atoms with Crippen LogP contribution in [-0.2, 0) is 0 Å². The van der Waals surface area contributed by atoms with Gasteiger partial charge in [0.15, 0.2) is 0 Å². The van der Waals surface area contributed by atoms with Crippen molar-refractivity contribution in [3.05, 3.63) is 0 Å². The maximum atomic E-state index is 4.64. The Morgan fingerprint density at radius 2 is 1.59 bits per heavy atom. The minimum atomic E-state index is 0.403. The highest BCUT2D eigenvalue weighted by Gasteiger charge is 2.46. The van der Waals surface area contributed by atoms with Gasteiger partial charge in [-0.25, -0.2) is 0 Å². The Morgan fingerprint density at radius 1 is 1.00 bits per heavy atom. The first-order chi connectivity index (χ1) is 7.98. The average Bonchev–Trinajstić information content (AvgIpc) is 2.35. The van der Waals surface area contributed by atoms with Crippen LogP contribution in [0, 0.1) is 5.92 Å². The Labute approximate surface area is 113 Å². The summed E-state index contributed by atoms with van der Waals surface area (Å²) in [6.07, 6.45) is 11.0. The summed E-state index contributed by atoms with van der Waals surface area (Å²) in [5.41, 5.74) is 0.831. The molecule has 0 saturated carbocycles. The molecule has 0 aromatic carbocycles. The summed E-state index contributed by atoms with van der Waals surface area (Å²) >= 11 is 4.64. The molecule has 0 aromatic rings. The monoisotopic (exact) mass is 255 g/mol. The van der Waals surface area contributed by atoms with Gasteiger partial charge in [-0.3, -0.25) is 0 Å². The van der Waals surface area contributed by atoms with E-state index >= 15 is 0 Å². The lowest BCUT2D eigenvalue weighted by Crippen LogP contribution is -2.62. The molecule has 2 bridgehead atoms. The van der Waals surface area contributed by atoms with Gasteiger partial charge in [0.1, 0.15) is 0 Å². The molecule has 1 nitrogen and oxygen atoms in total. The van der Waals surface area contributed by atoms with Crippen LogP contribution in [0.4, 0.5) is 0 Å². The van der Waals surface area contributed by atoms with Gasteiger partial charge in [0.2, 0.25) is 0 Å². The molecule has 2 heterocycles. The number of rotatable bonds is 3. The molecule has 0 radical (unpaired) electrons. The van der Waals surface area contributed by atoms with Gasteiger partial charge in [0, 0.05) is 16.3 Å². The molecule has 3 unspecified atom stereocenters. The Kier molecular flexibility index (Phi) is 4.14. The van der Waals surface area contributed by atoms with Crippen LogP contribution in [-0.4, -0.2) is 16.3 Å². The van der Waals surface area contributed by atoms with E-state index in [0.717, 1.165) is 5.92 Å². The Hall–Kier alpha value is 0.310. The van der Waals surface area contributed by atoms with Crippen LogP contribution in [0.2, 0.25) is 0 Å². The van der Waals surface area contributed by atoms with Gasteiger partial charge in [-0.2, -0.15) is 12.6 Å². The number of nitrogens with one attached hydrogen (secondary N) is 1. The maximum Gasteiger partial charge on any atom is 0.0209 e. The Bertz CT molecular complexity index is 264. The van der Waals surface area contributed by atoms with E-state index in [2.05, 4.69) is 38.7 Å². The van der Waals surface area contributed by atoms with E-state index in [-0.39, 0.29) is 0 Å². The summed E-state index contributed by atoms with van der Waals surface area (Å²) in [5.74, 6) is 0.760. The first kappa shape index (κ1) is 13.7. The van der Waals surface area contributed by atoms with Crippen LogP contribution >= 0.6 is 12.6 Å². The molecule has 0 amide bonds. The fourth-order valence-corrected chi connectivity index (χ4v) is 4.57. The molecule has 2 heteroatoms. The smallest absolute Gasteiger partial charge is 0.0209 e. The van der Waals surface area contributed by atoms with Crippen LogP contribution in [0.15, 0.2) is 0 Å². The number of thiol groups is 1. The van der Waals surface area contributed by atoms with Crippen molar-refractivity contribution >= 4 is 12.6 Å². The highest BCUT2D eigenvalue weighted by atomic mass is 32.1. The van der Waals surface area contributed by atoms with Gasteiger partial charge < -0.3 is 5.32 Å². The maximum absolute atomic E-state index is 4.64. The lowest BCUT2D eigenvalue weighted by molar-refractivity contribution is 0.0858. The highest BCUT2D eigenvalue weighted by Crippen LogP contribution is 2.44. The van der Waals surface area contributed by atoms with E-state index in [0.29, 0.717) is 16.3 Å². The average molecular weight is 255 g/mol. The number of piperidine rings is 1. The minimum Gasteiger partial charge on any atom is -0.305 e. The molecular weight excluding hydrogens is 226 g/mol. The van der Waals surface area contributed by atoms with Crippen molar-refractivity contribution in [2.45, 2.75) is 88.5 Å². The largest absolute Gasteiger partial charge is 0.305 e. The molecular formula is C15H29NS. The standard InChI is InChI=1S/C15H29NS/c1-12(2)15-9-5-4-7-14(16-15,8-6-10-15)11-13(3)17/h12-13,16-17H,4-11H2,1-3H3. The third kappa shape index (κ3) is 2.84. The van der Waals surface area contributed by atoms with Gasteiger partial charge in [0.25, 0.3) is 0 Å². The zero-order valence-corrected chi connectivity index (χ0v) is 12.7. The molecule has 1 N–H and O–H groups in total. The van der Waals surface area contributed by atoms with Crippen molar-refractivity contribution in [1.82, 2.24) is 5.32 Å². The summed E-state index contributed by atoms with van der Waals surface area (Å²) in [6.45, 7) is 7.05.